The van der Waals surface area contributed by atoms with Crippen molar-refractivity contribution in [2.75, 3.05) is 24.6 Å². The summed E-state index contributed by atoms with van der Waals surface area (Å²) in [6.45, 7) is 4.14. The van der Waals surface area contributed by atoms with Crippen LogP contribution in [0.3, 0.4) is 0 Å². The van der Waals surface area contributed by atoms with Crippen molar-refractivity contribution in [3.8, 4) is 6.07 Å². The standard InChI is InChI=1S/C18H17ClN2O/c1-18(15-5-3-2-4-6-15)13-21(9-10-22-18)17-11-16(19)8-7-14(17)12-20/h2-8,11H,9-10,13H2,1H3. The second-order valence-electron chi connectivity index (χ2n) is 5.64. The highest BCUT2D eigenvalue weighted by Crippen LogP contribution is 2.33. The van der Waals surface area contributed by atoms with Crippen molar-refractivity contribution >= 4 is 17.3 Å². The monoisotopic (exact) mass is 312 g/mol. The molecule has 1 heterocycles. The van der Waals surface area contributed by atoms with Gasteiger partial charge in [-0.2, -0.15) is 5.26 Å². The highest BCUT2D eigenvalue weighted by molar-refractivity contribution is 6.30. The summed E-state index contributed by atoms with van der Waals surface area (Å²) in [4.78, 5) is 2.18. The molecule has 0 aromatic heterocycles. The molecule has 22 heavy (non-hydrogen) atoms. The first-order valence-electron chi connectivity index (χ1n) is 7.26. The minimum atomic E-state index is -0.394. The van der Waals surface area contributed by atoms with E-state index in [2.05, 4.69) is 30.0 Å². The van der Waals surface area contributed by atoms with E-state index in [-0.39, 0.29) is 0 Å². The van der Waals surface area contributed by atoms with Crippen molar-refractivity contribution in [2.24, 2.45) is 0 Å². The molecule has 1 fully saturated rings. The zero-order chi connectivity index (χ0) is 15.6. The normalized spacial score (nSPS) is 21.4. The topological polar surface area (TPSA) is 36.3 Å². The second kappa shape index (κ2) is 6.00. The molecule has 2 aromatic carbocycles. The van der Waals surface area contributed by atoms with Gasteiger partial charge in [-0.15, -0.1) is 0 Å². The molecule has 0 N–H and O–H groups in total. The van der Waals surface area contributed by atoms with Crippen LogP contribution in [-0.2, 0) is 10.3 Å². The third-order valence-corrected chi connectivity index (χ3v) is 4.31. The molecule has 4 heteroatoms. The highest BCUT2D eigenvalue weighted by Gasteiger charge is 2.34. The lowest BCUT2D eigenvalue weighted by Gasteiger charge is -2.42. The fraction of sp³-hybridized carbons (Fsp3) is 0.278. The molecule has 0 spiro atoms. The zero-order valence-electron chi connectivity index (χ0n) is 12.4. The number of rotatable bonds is 2. The smallest absolute Gasteiger partial charge is 0.108 e. The van der Waals surface area contributed by atoms with Crippen LogP contribution in [0.15, 0.2) is 48.5 Å². The van der Waals surface area contributed by atoms with Gasteiger partial charge in [-0.1, -0.05) is 41.9 Å². The highest BCUT2D eigenvalue weighted by atomic mass is 35.5. The number of benzene rings is 2. The summed E-state index contributed by atoms with van der Waals surface area (Å²) < 4.78 is 6.05. The molecule has 1 aliphatic heterocycles. The van der Waals surface area contributed by atoms with Crippen LogP contribution in [-0.4, -0.2) is 19.7 Å². The third-order valence-electron chi connectivity index (χ3n) is 4.08. The molecule has 0 saturated carbocycles. The molecular formula is C18H17ClN2O. The maximum atomic E-state index is 9.34. The largest absolute Gasteiger partial charge is 0.367 e. The van der Waals surface area contributed by atoms with Crippen molar-refractivity contribution in [1.82, 2.24) is 0 Å². The third kappa shape index (κ3) is 2.81. The van der Waals surface area contributed by atoms with Gasteiger partial charge in [-0.25, -0.2) is 0 Å². The number of nitriles is 1. The minimum Gasteiger partial charge on any atom is -0.367 e. The number of morpholine rings is 1. The van der Waals surface area contributed by atoms with E-state index in [0.29, 0.717) is 23.7 Å². The van der Waals surface area contributed by atoms with Gasteiger partial charge in [0.05, 0.1) is 24.4 Å². The van der Waals surface area contributed by atoms with Gasteiger partial charge in [0, 0.05) is 11.6 Å². The molecule has 3 nitrogen and oxygen atoms in total. The number of anilines is 1. The Labute approximate surface area is 135 Å². The van der Waals surface area contributed by atoms with E-state index in [1.54, 1.807) is 12.1 Å². The van der Waals surface area contributed by atoms with E-state index >= 15 is 0 Å². The van der Waals surface area contributed by atoms with Crippen LogP contribution < -0.4 is 4.90 Å². The van der Waals surface area contributed by atoms with Crippen molar-refractivity contribution in [3.05, 3.63) is 64.7 Å². The van der Waals surface area contributed by atoms with Gasteiger partial charge < -0.3 is 9.64 Å². The SMILES string of the molecule is CC1(c2ccccc2)CN(c2cc(Cl)ccc2C#N)CCO1. The summed E-state index contributed by atoms with van der Waals surface area (Å²) in [7, 11) is 0. The molecule has 3 rings (SSSR count). The summed E-state index contributed by atoms with van der Waals surface area (Å²) in [5.41, 5.74) is 2.26. The van der Waals surface area contributed by atoms with Crippen LogP contribution in [0.4, 0.5) is 5.69 Å². The van der Waals surface area contributed by atoms with E-state index in [9.17, 15) is 5.26 Å². The Morgan fingerprint density at radius 3 is 2.73 bits per heavy atom. The van der Waals surface area contributed by atoms with E-state index in [4.69, 9.17) is 16.3 Å². The van der Waals surface area contributed by atoms with Crippen molar-refractivity contribution in [3.63, 3.8) is 0 Å². The first-order chi connectivity index (χ1) is 10.6. The molecule has 1 aliphatic rings. The maximum absolute atomic E-state index is 9.34. The zero-order valence-corrected chi connectivity index (χ0v) is 13.2. The van der Waals surface area contributed by atoms with Gasteiger partial charge in [0.2, 0.25) is 0 Å². The molecule has 0 radical (unpaired) electrons. The molecular weight excluding hydrogens is 296 g/mol. The lowest BCUT2D eigenvalue weighted by molar-refractivity contribution is -0.0466. The van der Waals surface area contributed by atoms with Crippen molar-refractivity contribution in [2.45, 2.75) is 12.5 Å². The van der Waals surface area contributed by atoms with Crippen LogP contribution in [0, 0.1) is 11.3 Å². The van der Waals surface area contributed by atoms with E-state index in [1.807, 2.05) is 24.3 Å². The Bertz CT molecular complexity index is 711. The fourth-order valence-electron chi connectivity index (χ4n) is 2.90. The van der Waals surface area contributed by atoms with Crippen molar-refractivity contribution in [1.29, 1.82) is 5.26 Å². The van der Waals surface area contributed by atoms with Gasteiger partial charge in [-0.05, 0) is 30.7 Å². The summed E-state index contributed by atoms with van der Waals surface area (Å²) in [5, 5.41) is 9.98. The summed E-state index contributed by atoms with van der Waals surface area (Å²) in [6.07, 6.45) is 0. The Kier molecular flexibility index (Phi) is 4.06. The summed E-state index contributed by atoms with van der Waals surface area (Å²) in [6, 6.07) is 17.8. The summed E-state index contributed by atoms with van der Waals surface area (Å²) >= 11 is 6.11. The molecule has 112 valence electrons. The van der Waals surface area contributed by atoms with Gasteiger partial charge in [0.15, 0.2) is 0 Å². The molecule has 1 unspecified atom stereocenters. The Balaban J connectivity index is 1.94. The Morgan fingerprint density at radius 2 is 2.00 bits per heavy atom. The lowest BCUT2D eigenvalue weighted by Crippen LogP contribution is -2.48. The van der Waals surface area contributed by atoms with Gasteiger partial charge in [0.1, 0.15) is 11.7 Å². The van der Waals surface area contributed by atoms with Gasteiger partial charge in [0.25, 0.3) is 0 Å². The predicted molar refractivity (Wildman–Crippen MR) is 88.1 cm³/mol. The van der Waals surface area contributed by atoms with Gasteiger partial charge in [-0.3, -0.25) is 0 Å². The van der Waals surface area contributed by atoms with Gasteiger partial charge >= 0.3 is 0 Å². The first kappa shape index (κ1) is 14.9. The number of hydrogen-bond acceptors (Lipinski definition) is 3. The van der Waals surface area contributed by atoms with E-state index in [1.165, 1.54) is 0 Å². The number of halogens is 1. The molecule has 0 bridgehead atoms. The van der Waals surface area contributed by atoms with Crippen LogP contribution in [0.5, 0.6) is 0 Å². The first-order valence-corrected chi connectivity index (χ1v) is 7.64. The molecule has 2 aromatic rings. The predicted octanol–water partition coefficient (Wildman–Crippen LogP) is 3.96. The lowest BCUT2D eigenvalue weighted by atomic mass is 9.93. The Hall–Kier alpha value is -2.02. The maximum Gasteiger partial charge on any atom is 0.108 e. The van der Waals surface area contributed by atoms with E-state index in [0.717, 1.165) is 17.8 Å². The Morgan fingerprint density at radius 1 is 1.23 bits per heavy atom. The second-order valence-corrected chi connectivity index (χ2v) is 6.08. The van der Waals surface area contributed by atoms with Crippen LogP contribution in [0.2, 0.25) is 5.02 Å². The number of ether oxygens (including phenoxy) is 1. The molecule has 1 saturated heterocycles. The van der Waals surface area contributed by atoms with Crippen LogP contribution >= 0.6 is 11.6 Å². The number of hydrogen-bond donors (Lipinski definition) is 0. The molecule has 1 atom stereocenters. The molecule has 0 amide bonds. The summed E-state index contributed by atoms with van der Waals surface area (Å²) in [5.74, 6) is 0. The molecule has 0 aliphatic carbocycles. The van der Waals surface area contributed by atoms with Crippen LogP contribution in [0.1, 0.15) is 18.1 Å². The fourth-order valence-corrected chi connectivity index (χ4v) is 3.07. The van der Waals surface area contributed by atoms with Crippen molar-refractivity contribution < 1.29 is 4.74 Å². The van der Waals surface area contributed by atoms with Crippen LogP contribution in [0.25, 0.3) is 0 Å². The number of nitrogens with zero attached hydrogens (tertiary/aromatic N) is 2. The quantitative estimate of drug-likeness (QED) is 0.842. The minimum absolute atomic E-state index is 0.394. The average molecular weight is 313 g/mol. The van der Waals surface area contributed by atoms with E-state index < -0.39 is 5.60 Å². The average Bonchev–Trinajstić information content (AvgIpc) is 2.56.